The first-order valence-corrected chi connectivity index (χ1v) is 5.51. The third-order valence-electron chi connectivity index (χ3n) is 2.10. The zero-order chi connectivity index (χ0) is 11.8. The normalized spacial score (nSPS) is 12.1. The number of rotatable bonds is 6. The fourth-order valence-corrected chi connectivity index (χ4v) is 1.40. The van der Waals surface area contributed by atoms with E-state index in [4.69, 9.17) is 9.47 Å². The van der Waals surface area contributed by atoms with Crippen LogP contribution in [-0.4, -0.2) is 25.3 Å². The van der Waals surface area contributed by atoms with E-state index in [1.54, 1.807) is 6.92 Å². The fraction of sp³-hybridized carbons (Fsp3) is 0.462. The molecule has 3 nitrogen and oxygen atoms in total. The van der Waals surface area contributed by atoms with Crippen LogP contribution in [0.2, 0.25) is 0 Å². The second-order valence-corrected chi connectivity index (χ2v) is 3.29. The van der Waals surface area contributed by atoms with Crippen LogP contribution >= 0.6 is 0 Å². The van der Waals surface area contributed by atoms with Crippen molar-refractivity contribution in [3.63, 3.8) is 0 Å². The zero-order valence-corrected chi connectivity index (χ0v) is 9.73. The van der Waals surface area contributed by atoms with Crippen LogP contribution < -0.4 is 0 Å². The zero-order valence-electron chi connectivity index (χ0n) is 9.73. The standard InChI is InChI=1S/C13H17O3/c1-3-15-12(13(14)16-4-2)10-11-8-6-5-7-9-11/h5-8,12H,3-4,10H2,1-2H3. The van der Waals surface area contributed by atoms with Crippen molar-refractivity contribution in [1.82, 2.24) is 0 Å². The van der Waals surface area contributed by atoms with Gasteiger partial charge in [-0.15, -0.1) is 0 Å². The van der Waals surface area contributed by atoms with Crippen LogP contribution in [0.5, 0.6) is 0 Å². The Morgan fingerprint density at radius 3 is 2.75 bits per heavy atom. The molecule has 1 radical (unpaired) electrons. The molecule has 0 bridgehead atoms. The lowest BCUT2D eigenvalue weighted by Crippen LogP contribution is -2.29. The number of ether oxygens (including phenoxy) is 2. The Morgan fingerprint density at radius 2 is 2.19 bits per heavy atom. The largest absolute Gasteiger partial charge is 0.464 e. The van der Waals surface area contributed by atoms with E-state index in [-0.39, 0.29) is 5.97 Å². The van der Waals surface area contributed by atoms with Crippen LogP contribution in [0.15, 0.2) is 24.3 Å². The van der Waals surface area contributed by atoms with Crippen molar-refractivity contribution < 1.29 is 14.3 Å². The first-order chi connectivity index (χ1) is 7.77. The lowest BCUT2D eigenvalue weighted by atomic mass is 10.1. The van der Waals surface area contributed by atoms with Crippen LogP contribution in [0.4, 0.5) is 0 Å². The quantitative estimate of drug-likeness (QED) is 0.689. The summed E-state index contributed by atoms with van der Waals surface area (Å²) in [6.45, 7) is 4.52. The van der Waals surface area contributed by atoms with Gasteiger partial charge in [0, 0.05) is 13.0 Å². The Hall–Kier alpha value is -1.35. The fourth-order valence-electron chi connectivity index (χ4n) is 1.40. The van der Waals surface area contributed by atoms with Crippen molar-refractivity contribution in [2.24, 2.45) is 0 Å². The minimum Gasteiger partial charge on any atom is -0.464 e. The summed E-state index contributed by atoms with van der Waals surface area (Å²) in [6.07, 6.45) is -0.0170. The minimum atomic E-state index is -0.524. The molecular weight excluding hydrogens is 204 g/mol. The van der Waals surface area contributed by atoms with Crippen LogP contribution in [0.1, 0.15) is 19.4 Å². The van der Waals surface area contributed by atoms with Crippen LogP contribution in [0, 0.1) is 6.07 Å². The number of esters is 1. The molecule has 1 unspecified atom stereocenters. The average Bonchev–Trinajstić information content (AvgIpc) is 2.30. The number of hydrogen-bond acceptors (Lipinski definition) is 3. The summed E-state index contributed by atoms with van der Waals surface area (Å²) in [5.74, 6) is -0.304. The van der Waals surface area contributed by atoms with Crippen LogP contribution in [-0.2, 0) is 20.7 Å². The molecule has 0 aliphatic heterocycles. The molecule has 16 heavy (non-hydrogen) atoms. The van der Waals surface area contributed by atoms with E-state index in [1.807, 2.05) is 31.2 Å². The molecule has 1 rings (SSSR count). The number of carbonyl (C=O) groups is 1. The number of carbonyl (C=O) groups excluding carboxylic acids is 1. The van der Waals surface area contributed by atoms with Gasteiger partial charge < -0.3 is 9.47 Å². The maximum Gasteiger partial charge on any atom is 0.335 e. The molecule has 0 saturated carbocycles. The highest BCUT2D eigenvalue weighted by molar-refractivity contribution is 5.75. The van der Waals surface area contributed by atoms with Crippen molar-refractivity contribution in [3.8, 4) is 0 Å². The average molecular weight is 221 g/mol. The van der Waals surface area contributed by atoms with E-state index in [1.165, 1.54) is 0 Å². The summed E-state index contributed by atoms with van der Waals surface area (Å²) in [6, 6.07) is 10.6. The van der Waals surface area contributed by atoms with Crippen LogP contribution in [0.3, 0.4) is 0 Å². The summed E-state index contributed by atoms with van der Waals surface area (Å²) in [5.41, 5.74) is 0.953. The molecule has 0 aliphatic carbocycles. The van der Waals surface area contributed by atoms with E-state index in [9.17, 15) is 4.79 Å². The molecule has 87 valence electrons. The Morgan fingerprint density at radius 1 is 1.38 bits per heavy atom. The van der Waals surface area contributed by atoms with Gasteiger partial charge in [-0.1, -0.05) is 24.3 Å². The minimum absolute atomic E-state index is 0.304. The summed E-state index contributed by atoms with van der Waals surface area (Å²) >= 11 is 0. The van der Waals surface area contributed by atoms with Gasteiger partial charge in [0.1, 0.15) is 0 Å². The predicted octanol–water partition coefficient (Wildman–Crippen LogP) is 2.00. The Bertz CT molecular complexity index is 308. The van der Waals surface area contributed by atoms with E-state index in [0.717, 1.165) is 5.56 Å². The third kappa shape index (κ3) is 4.03. The molecule has 0 saturated heterocycles. The Labute approximate surface area is 96.4 Å². The molecule has 0 spiro atoms. The SMILES string of the molecule is CCOC(=O)C(Cc1[c]cccc1)OCC. The molecule has 3 heteroatoms. The van der Waals surface area contributed by atoms with Crippen molar-refractivity contribution in [1.29, 1.82) is 0 Å². The summed E-state index contributed by atoms with van der Waals surface area (Å²) in [7, 11) is 0. The van der Waals surface area contributed by atoms with Crippen molar-refractivity contribution in [2.75, 3.05) is 13.2 Å². The molecule has 1 atom stereocenters. The summed E-state index contributed by atoms with van der Waals surface area (Å²) in [4.78, 5) is 11.6. The number of hydrogen-bond donors (Lipinski definition) is 0. The van der Waals surface area contributed by atoms with E-state index >= 15 is 0 Å². The third-order valence-corrected chi connectivity index (χ3v) is 2.10. The highest BCUT2D eigenvalue weighted by Crippen LogP contribution is 2.07. The van der Waals surface area contributed by atoms with Crippen LogP contribution in [0.25, 0.3) is 0 Å². The lowest BCUT2D eigenvalue weighted by Gasteiger charge is -2.15. The van der Waals surface area contributed by atoms with Gasteiger partial charge in [-0.2, -0.15) is 0 Å². The molecule has 0 aliphatic rings. The van der Waals surface area contributed by atoms with Gasteiger partial charge in [-0.3, -0.25) is 0 Å². The summed E-state index contributed by atoms with van der Waals surface area (Å²) in [5, 5.41) is 0. The predicted molar refractivity (Wildman–Crippen MR) is 61.0 cm³/mol. The maximum absolute atomic E-state index is 11.6. The van der Waals surface area contributed by atoms with Gasteiger partial charge in [0.15, 0.2) is 6.10 Å². The van der Waals surface area contributed by atoms with Gasteiger partial charge in [-0.05, 0) is 25.5 Å². The molecule has 0 N–H and O–H groups in total. The van der Waals surface area contributed by atoms with E-state index in [0.29, 0.717) is 19.6 Å². The van der Waals surface area contributed by atoms with Crippen molar-refractivity contribution >= 4 is 5.97 Å². The van der Waals surface area contributed by atoms with Gasteiger partial charge in [-0.25, -0.2) is 4.79 Å². The molecule has 0 fully saturated rings. The molecule has 0 aromatic heterocycles. The number of benzene rings is 1. The van der Waals surface area contributed by atoms with E-state index < -0.39 is 6.10 Å². The van der Waals surface area contributed by atoms with Gasteiger partial charge >= 0.3 is 5.97 Å². The Kier molecular flexibility index (Phi) is 5.57. The highest BCUT2D eigenvalue weighted by atomic mass is 16.6. The monoisotopic (exact) mass is 221 g/mol. The highest BCUT2D eigenvalue weighted by Gasteiger charge is 2.20. The van der Waals surface area contributed by atoms with Crippen molar-refractivity contribution in [3.05, 3.63) is 35.9 Å². The second kappa shape index (κ2) is 7.01. The van der Waals surface area contributed by atoms with Crippen molar-refractivity contribution in [2.45, 2.75) is 26.4 Å². The molecule has 1 aromatic carbocycles. The first-order valence-electron chi connectivity index (χ1n) is 5.51. The van der Waals surface area contributed by atoms with E-state index in [2.05, 4.69) is 6.07 Å². The van der Waals surface area contributed by atoms with Gasteiger partial charge in [0.2, 0.25) is 0 Å². The summed E-state index contributed by atoms with van der Waals surface area (Å²) < 4.78 is 10.3. The topological polar surface area (TPSA) is 35.5 Å². The smallest absolute Gasteiger partial charge is 0.335 e. The van der Waals surface area contributed by atoms with Gasteiger partial charge in [0.05, 0.1) is 6.61 Å². The van der Waals surface area contributed by atoms with Gasteiger partial charge in [0.25, 0.3) is 0 Å². The molecule has 0 heterocycles. The lowest BCUT2D eigenvalue weighted by molar-refractivity contribution is -0.156. The first kappa shape index (κ1) is 12.7. The molecule has 0 amide bonds. The molecule has 1 aromatic rings. The maximum atomic E-state index is 11.6. The molecular formula is C13H17O3. The Balaban J connectivity index is 2.60. The second-order valence-electron chi connectivity index (χ2n) is 3.29.